The number of likely N-dealkylation sites (tertiary alicyclic amines) is 1. The molecule has 4 aliphatic rings. The molecule has 2 unspecified atom stereocenters. The number of likely N-dealkylation sites (N-methyl/N-ethyl adjacent to an activating group) is 1. The highest BCUT2D eigenvalue weighted by molar-refractivity contribution is 7.23. The van der Waals surface area contributed by atoms with Crippen LogP contribution >= 0.6 is 22.9 Å². The summed E-state index contributed by atoms with van der Waals surface area (Å²) in [5.41, 5.74) is 8.60. The van der Waals surface area contributed by atoms with Gasteiger partial charge in [0.05, 0.1) is 37.9 Å². The van der Waals surface area contributed by atoms with Crippen molar-refractivity contribution in [1.82, 2.24) is 19.5 Å². The van der Waals surface area contributed by atoms with Crippen LogP contribution in [-0.4, -0.2) is 83.6 Å². The molecule has 0 radical (unpaired) electrons. The van der Waals surface area contributed by atoms with Gasteiger partial charge in [-0.15, -0.1) is 11.3 Å². The Kier molecular flexibility index (Phi) is 7.17. The van der Waals surface area contributed by atoms with Gasteiger partial charge in [-0.25, -0.2) is 18.4 Å². The van der Waals surface area contributed by atoms with Gasteiger partial charge < -0.3 is 20.4 Å². The van der Waals surface area contributed by atoms with Crippen molar-refractivity contribution in [3.05, 3.63) is 50.5 Å². The largest absolute Gasteiger partial charge is 0.472 e. The first kappa shape index (κ1) is 29.9. The van der Waals surface area contributed by atoms with Gasteiger partial charge in [0.1, 0.15) is 29.7 Å². The number of nitrogens with zero attached hydrogens (tertiary/aromatic N) is 6. The lowest BCUT2D eigenvalue weighted by Crippen LogP contribution is -2.57. The highest BCUT2D eigenvalue weighted by Crippen LogP contribution is 2.46. The van der Waals surface area contributed by atoms with E-state index >= 15 is 0 Å². The molecule has 8 rings (SSSR count). The van der Waals surface area contributed by atoms with E-state index in [1.54, 1.807) is 16.8 Å². The summed E-state index contributed by atoms with van der Waals surface area (Å²) in [7, 11) is 2.09. The summed E-state index contributed by atoms with van der Waals surface area (Å²) >= 11 is 8.23. The molecule has 2 aromatic heterocycles. The number of nitrogens with two attached hydrogens (primary N) is 1. The van der Waals surface area contributed by atoms with Gasteiger partial charge in [-0.05, 0) is 69.9 Å². The van der Waals surface area contributed by atoms with Gasteiger partial charge in [0.2, 0.25) is 0 Å². The molecule has 4 aromatic rings. The molecular weight excluding hydrogens is 632 g/mol. The maximum absolute atomic E-state index is 15.0. The standard InChI is InChI=1S/C33H34ClF2N7O2S/c1-40-9-2-4-19(16-40)42-11-7-21-27(34)22(20-5-6-24(36)29-26(20)23(14-37)30(38)46-29)12-25-28(21)43(42)32(44)31(39-25)45-17-33-8-3-10-41(33)15-18(35)13-33/h5-6,12,18-19H,2-4,7-11,13,15-17,38H2,1H3/t18-,19?,33?/m1/s1. The van der Waals surface area contributed by atoms with Gasteiger partial charge in [-0.1, -0.05) is 17.7 Å². The van der Waals surface area contributed by atoms with Crippen molar-refractivity contribution in [2.45, 2.75) is 56.3 Å². The number of anilines is 1. The van der Waals surface area contributed by atoms with Gasteiger partial charge in [-0.2, -0.15) is 5.26 Å². The number of alkyl halides is 1. The summed E-state index contributed by atoms with van der Waals surface area (Å²) in [6.45, 7) is 3.76. The zero-order valence-corrected chi connectivity index (χ0v) is 27.1. The Morgan fingerprint density at radius 1 is 1.24 bits per heavy atom. The lowest BCUT2D eigenvalue weighted by molar-refractivity contribution is 0.109. The fourth-order valence-corrected chi connectivity index (χ4v) is 9.64. The van der Waals surface area contributed by atoms with Crippen LogP contribution in [0.1, 0.15) is 43.2 Å². The Labute approximate surface area is 273 Å². The summed E-state index contributed by atoms with van der Waals surface area (Å²) in [6, 6.07) is 7.03. The smallest absolute Gasteiger partial charge is 0.332 e. The number of fused-ring (bicyclic) bond motifs is 2. The van der Waals surface area contributed by atoms with E-state index in [1.807, 2.05) is 0 Å². The molecule has 13 heteroatoms. The number of aromatic nitrogens is 2. The minimum absolute atomic E-state index is 0.0342. The molecule has 2 N–H and O–H groups in total. The van der Waals surface area contributed by atoms with Crippen LogP contribution in [0.25, 0.3) is 32.2 Å². The SMILES string of the molecule is CN1CCCC(N2CCc3c(Cl)c(-c4ccc(F)c5sc(N)c(C#N)c45)cc4nc(OCC56CCCN5C[C@H](F)C6)c(=O)n2c34)C1. The van der Waals surface area contributed by atoms with Crippen molar-refractivity contribution in [2.24, 2.45) is 0 Å². The number of nitriles is 1. The third kappa shape index (κ3) is 4.50. The molecule has 2 aromatic carbocycles. The average Bonchev–Trinajstić information content (AvgIpc) is 3.68. The van der Waals surface area contributed by atoms with E-state index in [4.69, 9.17) is 27.1 Å². The third-order valence-electron chi connectivity index (χ3n) is 10.4. The van der Waals surface area contributed by atoms with Crippen LogP contribution in [0.5, 0.6) is 5.88 Å². The van der Waals surface area contributed by atoms with E-state index in [0.29, 0.717) is 58.5 Å². The zero-order chi connectivity index (χ0) is 31.9. The monoisotopic (exact) mass is 665 g/mol. The number of hydrogen-bond acceptors (Lipinski definition) is 9. The van der Waals surface area contributed by atoms with Crippen LogP contribution in [0, 0.1) is 17.1 Å². The highest BCUT2D eigenvalue weighted by Gasteiger charge is 2.49. The minimum Gasteiger partial charge on any atom is -0.472 e. The maximum atomic E-state index is 15.0. The molecule has 3 fully saturated rings. The first-order chi connectivity index (χ1) is 22.2. The van der Waals surface area contributed by atoms with Crippen LogP contribution in [0.15, 0.2) is 23.0 Å². The van der Waals surface area contributed by atoms with Gasteiger partial charge >= 0.3 is 5.56 Å². The van der Waals surface area contributed by atoms with Gasteiger partial charge in [0.25, 0.3) is 5.88 Å². The molecule has 0 saturated carbocycles. The van der Waals surface area contributed by atoms with E-state index in [9.17, 15) is 18.8 Å². The first-order valence-electron chi connectivity index (χ1n) is 15.9. The Bertz CT molecular complexity index is 2010. The van der Waals surface area contributed by atoms with E-state index in [2.05, 4.69) is 27.9 Å². The summed E-state index contributed by atoms with van der Waals surface area (Å²) in [5.74, 6) is -0.498. The van der Waals surface area contributed by atoms with Gasteiger partial charge in [-0.3, -0.25) is 9.69 Å². The lowest BCUT2D eigenvalue weighted by Gasteiger charge is -2.42. The molecule has 46 heavy (non-hydrogen) atoms. The number of thiophene rings is 1. The number of hydrogen-bond donors (Lipinski definition) is 1. The fraction of sp³-hybridized carbons (Fsp3) is 0.485. The predicted octanol–water partition coefficient (Wildman–Crippen LogP) is 5.07. The van der Waals surface area contributed by atoms with Gasteiger partial charge in [0.15, 0.2) is 0 Å². The van der Waals surface area contributed by atoms with Crippen LogP contribution in [0.3, 0.4) is 0 Å². The fourth-order valence-electron chi connectivity index (χ4n) is 8.35. The molecule has 0 amide bonds. The second kappa shape index (κ2) is 11.0. The summed E-state index contributed by atoms with van der Waals surface area (Å²) in [4.78, 5) is 23.6. The van der Waals surface area contributed by atoms with Crippen LogP contribution in [0.2, 0.25) is 5.02 Å². The molecule has 3 saturated heterocycles. The first-order valence-corrected chi connectivity index (χ1v) is 17.0. The number of rotatable bonds is 5. The van der Waals surface area contributed by atoms with E-state index in [1.165, 1.54) is 6.07 Å². The number of piperidine rings is 1. The zero-order valence-electron chi connectivity index (χ0n) is 25.5. The lowest BCUT2D eigenvalue weighted by atomic mass is 9.94. The maximum Gasteiger partial charge on any atom is 0.332 e. The second-order valence-corrected chi connectivity index (χ2v) is 14.6. The topological polar surface area (TPSA) is 104 Å². The third-order valence-corrected chi connectivity index (χ3v) is 11.9. The van der Waals surface area contributed by atoms with E-state index < -0.39 is 17.5 Å². The average molecular weight is 666 g/mol. The predicted molar refractivity (Wildman–Crippen MR) is 177 cm³/mol. The molecule has 0 aliphatic carbocycles. The molecule has 240 valence electrons. The van der Waals surface area contributed by atoms with E-state index in [-0.39, 0.29) is 39.4 Å². The molecule has 6 heterocycles. The van der Waals surface area contributed by atoms with Gasteiger partial charge in [0, 0.05) is 42.6 Å². The second-order valence-electron chi connectivity index (χ2n) is 13.2. The van der Waals surface area contributed by atoms with Crippen molar-refractivity contribution in [3.8, 4) is 23.1 Å². The Morgan fingerprint density at radius 2 is 2.09 bits per heavy atom. The number of halogens is 3. The highest BCUT2D eigenvalue weighted by atomic mass is 35.5. The summed E-state index contributed by atoms with van der Waals surface area (Å²) in [5, 5.41) is 13.2. The van der Waals surface area contributed by atoms with Crippen LogP contribution < -0.4 is 21.0 Å². The number of benzene rings is 2. The van der Waals surface area contributed by atoms with Crippen molar-refractivity contribution in [1.29, 1.82) is 5.26 Å². The Morgan fingerprint density at radius 3 is 2.89 bits per heavy atom. The van der Waals surface area contributed by atoms with Crippen molar-refractivity contribution in [2.75, 3.05) is 57.1 Å². The number of ether oxygens (including phenoxy) is 1. The summed E-state index contributed by atoms with van der Waals surface area (Å²) in [6.07, 6.45) is 3.77. The molecule has 0 spiro atoms. The van der Waals surface area contributed by atoms with Crippen LogP contribution in [0.4, 0.5) is 13.8 Å². The molecule has 9 nitrogen and oxygen atoms in total. The Balaban J connectivity index is 1.32. The minimum atomic E-state index is -0.918. The summed E-state index contributed by atoms with van der Waals surface area (Å²) < 4.78 is 37.8. The van der Waals surface area contributed by atoms with Crippen molar-refractivity contribution < 1.29 is 13.5 Å². The molecule has 0 bridgehead atoms. The molecule has 3 atom stereocenters. The Hall–Kier alpha value is -3.50. The van der Waals surface area contributed by atoms with E-state index in [0.717, 1.165) is 62.2 Å². The van der Waals surface area contributed by atoms with Crippen molar-refractivity contribution in [3.63, 3.8) is 0 Å². The number of nitrogen functional groups attached to an aromatic ring is 1. The quantitative estimate of drug-likeness (QED) is 0.315. The molecule has 4 aliphatic heterocycles. The molecular formula is C33H34ClF2N7O2S. The van der Waals surface area contributed by atoms with Crippen molar-refractivity contribution >= 4 is 49.1 Å². The normalized spacial score (nSPS) is 25.0. The van der Waals surface area contributed by atoms with Crippen LogP contribution in [-0.2, 0) is 6.42 Å².